The van der Waals surface area contributed by atoms with Crippen LogP contribution in [0, 0.1) is 5.92 Å². The summed E-state index contributed by atoms with van der Waals surface area (Å²) in [6.07, 6.45) is 6.66. The van der Waals surface area contributed by atoms with Crippen LogP contribution in [0.5, 0.6) is 0 Å². The lowest BCUT2D eigenvalue weighted by molar-refractivity contribution is 0.0695. The van der Waals surface area contributed by atoms with E-state index in [0.29, 0.717) is 12.1 Å². The topological polar surface area (TPSA) is 67.2 Å². The molecule has 0 spiro atoms. The molecule has 1 aliphatic rings. The standard InChI is InChI=1S/C12H19N3O2/c1-15-11(10(7-14-15)12(16)17)8-13-6-2-3-9-4-5-9/h7,9,13H,2-6,8H2,1H3,(H,16,17). The third-order valence-corrected chi connectivity index (χ3v) is 3.25. The summed E-state index contributed by atoms with van der Waals surface area (Å²) in [5, 5.41) is 16.2. The maximum Gasteiger partial charge on any atom is 0.339 e. The largest absolute Gasteiger partial charge is 0.478 e. The van der Waals surface area contributed by atoms with Crippen LogP contribution in [0.1, 0.15) is 41.7 Å². The Kier molecular flexibility index (Phi) is 3.78. The van der Waals surface area contributed by atoms with Gasteiger partial charge in [0, 0.05) is 13.6 Å². The molecule has 5 nitrogen and oxygen atoms in total. The third kappa shape index (κ3) is 3.30. The number of nitrogens with zero attached hydrogens (tertiary/aromatic N) is 2. The van der Waals surface area contributed by atoms with E-state index in [1.165, 1.54) is 31.9 Å². The maximum absolute atomic E-state index is 10.9. The average Bonchev–Trinajstić information content (AvgIpc) is 3.03. The Bertz CT molecular complexity index is 396. The van der Waals surface area contributed by atoms with Crippen molar-refractivity contribution >= 4 is 5.97 Å². The van der Waals surface area contributed by atoms with Crippen molar-refractivity contribution < 1.29 is 9.90 Å². The van der Waals surface area contributed by atoms with Crippen molar-refractivity contribution in [3.05, 3.63) is 17.5 Å². The highest BCUT2D eigenvalue weighted by atomic mass is 16.4. The Morgan fingerprint density at radius 2 is 2.41 bits per heavy atom. The molecule has 0 bridgehead atoms. The number of aryl methyl sites for hydroxylation is 1. The molecule has 5 heteroatoms. The lowest BCUT2D eigenvalue weighted by Crippen LogP contribution is -2.19. The van der Waals surface area contributed by atoms with Gasteiger partial charge in [-0.05, 0) is 25.3 Å². The van der Waals surface area contributed by atoms with Crippen molar-refractivity contribution in [1.29, 1.82) is 0 Å². The van der Waals surface area contributed by atoms with Crippen molar-refractivity contribution in [2.75, 3.05) is 6.54 Å². The van der Waals surface area contributed by atoms with E-state index in [-0.39, 0.29) is 0 Å². The maximum atomic E-state index is 10.9. The summed E-state index contributed by atoms with van der Waals surface area (Å²) < 4.78 is 1.62. The summed E-state index contributed by atoms with van der Waals surface area (Å²) in [4.78, 5) is 10.9. The molecule has 94 valence electrons. The molecule has 1 heterocycles. The molecule has 0 aromatic carbocycles. The second-order valence-electron chi connectivity index (χ2n) is 4.70. The minimum Gasteiger partial charge on any atom is -0.478 e. The van der Waals surface area contributed by atoms with E-state index in [4.69, 9.17) is 5.11 Å². The fraction of sp³-hybridized carbons (Fsp3) is 0.667. The first-order valence-electron chi connectivity index (χ1n) is 6.13. The minimum atomic E-state index is -0.909. The minimum absolute atomic E-state index is 0.294. The van der Waals surface area contributed by atoms with Gasteiger partial charge in [0.1, 0.15) is 5.56 Å². The number of rotatable bonds is 7. The molecule has 2 N–H and O–H groups in total. The number of carboxylic acids is 1. The molecule has 2 rings (SSSR count). The van der Waals surface area contributed by atoms with Gasteiger partial charge in [-0.2, -0.15) is 5.10 Å². The molecule has 0 amide bonds. The summed E-state index contributed by atoms with van der Waals surface area (Å²) >= 11 is 0. The summed E-state index contributed by atoms with van der Waals surface area (Å²) in [7, 11) is 1.77. The zero-order valence-electron chi connectivity index (χ0n) is 10.1. The normalized spacial score (nSPS) is 15.1. The molecule has 0 unspecified atom stereocenters. The number of hydrogen-bond donors (Lipinski definition) is 2. The van der Waals surface area contributed by atoms with Crippen LogP contribution in [0.3, 0.4) is 0 Å². The molecule has 1 aromatic rings. The first kappa shape index (κ1) is 12.1. The molecule has 0 aliphatic heterocycles. The van der Waals surface area contributed by atoms with E-state index in [2.05, 4.69) is 10.4 Å². The van der Waals surface area contributed by atoms with Crippen molar-refractivity contribution in [3.63, 3.8) is 0 Å². The molecular weight excluding hydrogens is 218 g/mol. The SMILES string of the molecule is Cn1ncc(C(=O)O)c1CNCCCC1CC1. The number of aromatic carboxylic acids is 1. The Balaban J connectivity index is 1.76. The molecular formula is C12H19N3O2. The van der Waals surface area contributed by atoms with Crippen molar-refractivity contribution in [2.45, 2.75) is 32.2 Å². The number of nitrogens with one attached hydrogen (secondary N) is 1. The van der Waals surface area contributed by atoms with Gasteiger partial charge in [0.05, 0.1) is 11.9 Å². The summed E-state index contributed by atoms with van der Waals surface area (Å²) in [5.74, 6) is 0.0518. The molecule has 17 heavy (non-hydrogen) atoms. The first-order valence-corrected chi connectivity index (χ1v) is 6.13. The molecule has 1 aliphatic carbocycles. The van der Waals surface area contributed by atoms with Crippen LogP contribution in [0.25, 0.3) is 0 Å². The highest BCUT2D eigenvalue weighted by Crippen LogP contribution is 2.33. The quantitative estimate of drug-likeness (QED) is 0.703. The molecule has 0 radical (unpaired) electrons. The van der Waals surface area contributed by atoms with Gasteiger partial charge in [-0.15, -0.1) is 0 Å². The van der Waals surface area contributed by atoms with E-state index < -0.39 is 5.97 Å². The van der Waals surface area contributed by atoms with E-state index >= 15 is 0 Å². The first-order chi connectivity index (χ1) is 8.18. The molecule has 1 fully saturated rings. The van der Waals surface area contributed by atoms with Gasteiger partial charge in [0.15, 0.2) is 0 Å². The fourth-order valence-electron chi connectivity index (χ4n) is 1.98. The average molecular weight is 237 g/mol. The Morgan fingerprint density at radius 3 is 3.06 bits per heavy atom. The van der Waals surface area contributed by atoms with Crippen LogP contribution in [0.2, 0.25) is 0 Å². The molecule has 0 saturated heterocycles. The van der Waals surface area contributed by atoms with Crippen LogP contribution >= 0.6 is 0 Å². The predicted molar refractivity (Wildman–Crippen MR) is 63.8 cm³/mol. The highest BCUT2D eigenvalue weighted by Gasteiger charge is 2.20. The Labute approximate surface area is 101 Å². The summed E-state index contributed by atoms with van der Waals surface area (Å²) in [6, 6.07) is 0. The predicted octanol–water partition coefficient (Wildman–Crippen LogP) is 1.40. The number of carbonyl (C=O) groups is 1. The summed E-state index contributed by atoms with van der Waals surface area (Å²) in [5.41, 5.74) is 1.03. The van der Waals surface area contributed by atoms with Crippen LogP contribution in [-0.4, -0.2) is 27.4 Å². The number of carboxylic acid groups (broad SMARTS) is 1. The van der Waals surface area contributed by atoms with Gasteiger partial charge in [-0.25, -0.2) is 4.79 Å². The molecule has 1 saturated carbocycles. The van der Waals surface area contributed by atoms with E-state index in [1.54, 1.807) is 11.7 Å². The monoisotopic (exact) mass is 237 g/mol. The van der Waals surface area contributed by atoms with Crippen molar-refractivity contribution in [2.24, 2.45) is 13.0 Å². The zero-order valence-corrected chi connectivity index (χ0v) is 10.1. The highest BCUT2D eigenvalue weighted by molar-refractivity contribution is 5.88. The van der Waals surface area contributed by atoms with Gasteiger partial charge < -0.3 is 10.4 Å². The summed E-state index contributed by atoms with van der Waals surface area (Å²) in [6.45, 7) is 1.52. The van der Waals surface area contributed by atoms with Gasteiger partial charge in [0.2, 0.25) is 0 Å². The van der Waals surface area contributed by atoms with Gasteiger partial charge in [-0.1, -0.05) is 12.8 Å². The van der Waals surface area contributed by atoms with E-state index in [1.807, 2.05) is 0 Å². The number of aromatic nitrogens is 2. The number of hydrogen-bond acceptors (Lipinski definition) is 3. The Hall–Kier alpha value is -1.36. The Morgan fingerprint density at radius 1 is 1.65 bits per heavy atom. The van der Waals surface area contributed by atoms with Gasteiger partial charge >= 0.3 is 5.97 Å². The van der Waals surface area contributed by atoms with Crippen LogP contribution in [0.15, 0.2) is 6.20 Å². The second-order valence-corrected chi connectivity index (χ2v) is 4.70. The van der Waals surface area contributed by atoms with Gasteiger partial charge in [0.25, 0.3) is 0 Å². The second kappa shape index (κ2) is 5.31. The lowest BCUT2D eigenvalue weighted by Gasteiger charge is -2.06. The van der Waals surface area contributed by atoms with Crippen molar-refractivity contribution in [3.8, 4) is 0 Å². The van der Waals surface area contributed by atoms with E-state index in [0.717, 1.165) is 18.2 Å². The van der Waals surface area contributed by atoms with Crippen LogP contribution < -0.4 is 5.32 Å². The van der Waals surface area contributed by atoms with Gasteiger partial charge in [-0.3, -0.25) is 4.68 Å². The van der Waals surface area contributed by atoms with Crippen molar-refractivity contribution in [1.82, 2.24) is 15.1 Å². The van der Waals surface area contributed by atoms with Crippen LogP contribution in [0.4, 0.5) is 0 Å². The van der Waals surface area contributed by atoms with E-state index in [9.17, 15) is 4.79 Å². The molecule has 1 aromatic heterocycles. The smallest absolute Gasteiger partial charge is 0.339 e. The molecule has 0 atom stereocenters. The zero-order chi connectivity index (χ0) is 12.3. The van der Waals surface area contributed by atoms with Crippen LogP contribution in [-0.2, 0) is 13.6 Å². The lowest BCUT2D eigenvalue weighted by atomic mass is 10.2. The fourth-order valence-corrected chi connectivity index (χ4v) is 1.98. The third-order valence-electron chi connectivity index (χ3n) is 3.25.